The molecule has 0 bridgehead atoms. The van der Waals surface area contributed by atoms with Gasteiger partial charge in [-0.1, -0.05) is 6.92 Å². The predicted molar refractivity (Wildman–Crippen MR) is 73.9 cm³/mol. The number of nitrogens with one attached hydrogen (secondary N) is 1. The van der Waals surface area contributed by atoms with Gasteiger partial charge in [0.1, 0.15) is 5.82 Å². The lowest BCUT2D eigenvalue weighted by atomic mass is 9.88. The summed E-state index contributed by atoms with van der Waals surface area (Å²) in [5, 5.41) is 3.05. The molecule has 0 aliphatic heterocycles. The van der Waals surface area contributed by atoms with Gasteiger partial charge in [-0.15, -0.1) is 0 Å². The second-order valence-corrected chi connectivity index (χ2v) is 5.13. The van der Waals surface area contributed by atoms with Crippen molar-refractivity contribution in [1.29, 1.82) is 0 Å². The lowest BCUT2D eigenvalue weighted by Crippen LogP contribution is -2.20. The molecule has 0 aromatic carbocycles. The number of carbonyl (C=O) groups is 1. The highest BCUT2D eigenvalue weighted by atomic mass is 16.1. The maximum Gasteiger partial charge on any atom is 0.227 e. The highest BCUT2D eigenvalue weighted by molar-refractivity contribution is 5.98. The smallest absolute Gasteiger partial charge is 0.227 e. The molecule has 2 aromatic rings. The van der Waals surface area contributed by atoms with Gasteiger partial charge in [0.25, 0.3) is 0 Å². The third-order valence-electron chi connectivity index (χ3n) is 3.28. The number of carbonyl (C=O) groups excluding carboxylic acids is 1. The van der Waals surface area contributed by atoms with E-state index in [-0.39, 0.29) is 5.78 Å². The van der Waals surface area contributed by atoms with Gasteiger partial charge in [0, 0.05) is 12.6 Å². The summed E-state index contributed by atoms with van der Waals surface area (Å²) in [5.41, 5.74) is 2.19. The highest BCUT2D eigenvalue weighted by Crippen LogP contribution is 2.24. The van der Waals surface area contributed by atoms with Crippen molar-refractivity contribution in [2.45, 2.75) is 26.7 Å². The molecule has 1 aliphatic rings. The molecular formula is C14H15N5O. The first-order valence-electron chi connectivity index (χ1n) is 6.56. The largest absolute Gasteiger partial charge is 0.322 e. The van der Waals surface area contributed by atoms with Crippen LogP contribution in [0.4, 0.5) is 11.6 Å². The minimum absolute atomic E-state index is 0.129. The molecule has 3 rings (SSSR count). The number of anilines is 2. The number of hydrogen-bond acceptors (Lipinski definition) is 6. The van der Waals surface area contributed by atoms with E-state index in [1.807, 2.05) is 6.92 Å². The lowest BCUT2D eigenvalue weighted by Gasteiger charge is -2.19. The third-order valence-corrected chi connectivity index (χ3v) is 3.28. The van der Waals surface area contributed by atoms with Crippen LogP contribution in [0.5, 0.6) is 0 Å². The van der Waals surface area contributed by atoms with E-state index in [0.29, 0.717) is 29.7 Å². The molecule has 0 fully saturated rings. The van der Waals surface area contributed by atoms with Crippen molar-refractivity contribution in [2.24, 2.45) is 5.92 Å². The van der Waals surface area contributed by atoms with Crippen molar-refractivity contribution < 1.29 is 4.79 Å². The van der Waals surface area contributed by atoms with Gasteiger partial charge in [-0.25, -0.2) is 19.9 Å². The van der Waals surface area contributed by atoms with Crippen molar-refractivity contribution in [2.75, 3.05) is 5.32 Å². The van der Waals surface area contributed by atoms with Crippen LogP contribution in [-0.4, -0.2) is 25.7 Å². The van der Waals surface area contributed by atoms with Crippen LogP contribution in [0.2, 0.25) is 0 Å². The maximum absolute atomic E-state index is 11.9. The maximum atomic E-state index is 11.9. The summed E-state index contributed by atoms with van der Waals surface area (Å²) < 4.78 is 0. The quantitative estimate of drug-likeness (QED) is 0.899. The van der Waals surface area contributed by atoms with Crippen LogP contribution in [0, 0.1) is 12.8 Å². The Morgan fingerprint density at radius 3 is 2.65 bits per heavy atom. The molecule has 1 unspecified atom stereocenters. The molecule has 0 spiro atoms. The normalized spacial score (nSPS) is 17.7. The van der Waals surface area contributed by atoms with Gasteiger partial charge in [0.05, 0.1) is 29.3 Å². The van der Waals surface area contributed by atoms with Gasteiger partial charge >= 0.3 is 0 Å². The summed E-state index contributed by atoms with van der Waals surface area (Å²) in [7, 11) is 0. The summed E-state index contributed by atoms with van der Waals surface area (Å²) in [4.78, 5) is 28.7. The summed E-state index contributed by atoms with van der Waals surface area (Å²) in [6, 6.07) is 0. The van der Waals surface area contributed by atoms with Crippen molar-refractivity contribution in [3.05, 3.63) is 35.7 Å². The second-order valence-electron chi connectivity index (χ2n) is 5.13. The third kappa shape index (κ3) is 2.49. The Morgan fingerprint density at radius 1 is 1.15 bits per heavy atom. The zero-order valence-corrected chi connectivity index (χ0v) is 11.4. The fourth-order valence-electron chi connectivity index (χ4n) is 2.28. The molecule has 6 nitrogen and oxygen atoms in total. The summed E-state index contributed by atoms with van der Waals surface area (Å²) in [6.07, 6.45) is 6.35. The molecule has 2 heterocycles. The zero-order valence-electron chi connectivity index (χ0n) is 11.4. The molecule has 102 valence electrons. The zero-order chi connectivity index (χ0) is 14.1. The first kappa shape index (κ1) is 12.7. The number of ketones is 1. The second kappa shape index (κ2) is 4.96. The summed E-state index contributed by atoms with van der Waals surface area (Å²) >= 11 is 0. The van der Waals surface area contributed by atoms with Gasteiger partial charge in [0.15, 0.2) is 5.78 Å². The minimum atomic E-state index is 0.129. The Balaban J connectivity index is 1.87. The van der Waals surface area contributed by atoms with Crippen molar-refractivity contribution in [3.8, 4) is 0 Å². The van der Waals surface area contributed by atoms with E-state index < -0.39 is 0 Å². The van der Waals surface area contributed by atoms with Gasteiger partial charge in [-0.05, 0) is 19.3 Å². The van der Waals surface area contributed by atoms with E-state index in [9.17, 15) is 4.79 Å². The lowest BCUT2D eigenvalue weighted by molar-refractivity contribution is 0.0951. The molecule has 0 amide bonds. The van der Waals surface area contributed by atoms with Gasteiger partial charge in [-0.3, -0.25) is 4.79 Å². The Bertz CT molecular complexity index is 653. The molecule has 1 N–H and O–H groups in total. The molecule has 0 saturated heterocycles. The van der Waals surface area contributed by atoms with E-state index in [1.54, 1.807) is 18.6 Å². The van der Waals surface area contributed by atoms with E-state index in [0.717, 1.165) is 17.8 Å². The Kier molecular flexibility index (Phi) is 3.14. The van der Waals surface area contributed by atoms with Crippen LogP contribution < -0.4 is 5.32 Å². The molecule has 1 aliphatic carbocycles. The van der Waals surface area contributed by atoms with E-state index in [1.165, 1.54) is 0 Å². The fraction of sp³-hybridized carbons (Fsp3) is 0.357. The summed E-state index contributed by atoms with van der Waals surface area (Å²) in [5.74, 6) is 1.64. The highest BCUT2D eigenvalue weighted by Gasteiger charge is 2.24. The topological polar surface area (TPSA) is 80.7 Å². The van der Waals surface area contributed by atoms with E-state index in [2.05, 4.69) is 32.2 Å². The van der Waals surface area contributed by atoms with Crippen LogP contribution in [0.15, 0.2) is 18.6 Å². The number of Topliss-reactive ketones (excluding diaryl/α,β-unsaturated/α-hetero) is 1. The van der Waals surface area contributed by atoms with Crippen LogP contribution in [0.25, 0.3) is 0 Å². The molecule has 6 heteroatoms. The van der Waals surface area contributed by atoms with Crippen LogP contribution in [-0.2, 0) is 6.42 Å². The van der Waals surface area contributed by atoms with Crippen LogP contribution in [0.1, 0.15) is 35.2 Å². The van der Waals surface area contributed by atoms with Crippen LogP contribution in [0.3, 0.4) is 0 Å². The van der Waals surface area contributed by atoms with Gasteiger partial charge < -0.3 is 5.32 Å². The number of hydrogen-bond donors (Lipinski definition) is 1. The fourth-order valence-corrected chi connectivity index (χ4v) is 2.28. The summed E-state index contributed by atoms with van der Waals surface area (Å²) in [6.45, 7) is 3.88. The SMILES string of the molecule is Cc1ncc(Nc2ncc3c(n2)CC(C)CC3=O)cn1. The minimum Gasteiger partial charge on any atom is -0.322 e. The average Bonchev–Trinajstić information content (AvgIpc) is 2.41. The van der Waals surface area contributed by atoms with Crippen molar-refractivity contribution in [3.63, 3.8) is 0 Å². The monoisotopic (exact) mass is 269 g/mol. The predicted octanol–water partition coefficient (Wildman–Crippen LogP) is 2.08. The van der Waals surface area contributed by atoms with Crippen LogP contribution >= 0.6 is 0 Å². The van der Waals surface area contributed by atoms with Crippen molar-refractivity contribution in [1.82, 2.24) is 19.9 Å². The molecule has 2 aromatic heterocycles. The van der Waals surface area contributed by atoms with Crippen molar-refractivity contribution >= 4 is 17.4 Å². The first-order valence-corrected chi connectivity index (χ1v) is 6.56. The number of fused-ring (bicyclic) bond motifs is 1. The van der Waals surface area contributed by atoms with E-state index in [4.69, 9.17) is 0 Å². The van der Waals surface area contributed by atoms with E-state index >= 15 is 0 Å². The van der Waals surface area contributed by atoms with Gasteiger partial charge in [-0.2, -0.15) is 0 Å². The van der Waals surface area contributed by atoms with Gasteiger partial charge in [0.2, 0.25) is 5.95 Å². The number of aryl methyl sites for hydroxylation is 1. The number of rotatable bonds is 2. The Labute approximate surface area is 116 Å². The molecule has 1 atom stereocenters. The molecule has 0 radical (unpaired) electrons. The molecule has 0 saturated carbocycles. The molecular weight excluding hydrogens is 254 g/mol. The first-order chi connectivity index (χ1) is 9.61. The average molecular weight is 269 g/mol. The number of aromatic nitrogens is 4. The molecule has 20 heavy (non-hydrogen) atoms. The standard InChI is InChI=1S/C14H15N5O/c1-8-3-12-11(13(20)4-8)7-17-14(19-12)18-10-5-15-9(2)16-6-10/h5-8H,3-4H2,1-2H3,(H,17,18,19). The Morgan fingerprint density at radius 2 is 1.90 bits per heavy atom. The Hall–Kier alpha value is -2.37. The number of nitrogens with zero attached hydrogens (tertiary/aromatic N) is 4.